The average molecular weight is 237 g/mol. The third kappa shape index (κ3) is 2.16. The number of carbonyl (C=O) groups is 1. The van der Waals surface area contributed by atoms with Gasteiger partial charge in [-0.3, -0.25) is 4.79 Å². The molecule has 14 heavy (non-hydrogen) atoms. The molecule has 0 amide bonds. The number of halogens is 3. The van der Waals surface area contributed by atoms with Gasteiger partial charge >= 0.3 is 5.97 Å². The molecule has 0 radical (unpaired) electrons. The van der Waals surface area contributed by atoms with E-state index >= 15 is 0 Å². The van der Waals surface area contributed by atoms with Crippen LogP contribution in [-0.4, -0.2) is 11.1 Å². The van der Waals surface area contributed by atoms with Crippen LogP contribution in [0.2, 0.25) is 10.0 Å². The molecule has 0 saturated heterocycles. The molecule has 76 valence electrons. The molecule has 0 spiro atoms. The van der Waals surface area contributed by atoms with Crippen LogP contribution in [0.4, 0.5) is 4.39 Å². The highest BCUT2D eigenvalue weighted by molar-refractivity contribution is 6.34. The molecule has 1 rings (SSSR count). The highest BCUT2D eigenvalue weighted by Gasteiger charge is 2.20. The first-order valence-corrected chi connectivity index (χ1v) is 4.56. The van der Waals surface area contributed by atoms with Gasteiger partial charge in [0.25, 0.3) is 0 Å². The molecule has 0 aliphatic heterocycles. The molecule has 0 aliphatic carbocycles. The predicted octanol–water partition coefficient (Wildman–Crippen LogP) is 3.32. The Bertz CT molecular complexity index is 379. The first-order chi connectivity index (χ1) is 6.43. The molecule has 0 saturated carbocycles. The van der Waals surface area contributed by atoms with Gasteiger partial charge in [0.1, 0.15) is 5.82 Å². The Morgan fingerprint density at radius 2 is 2.07 bits per heavy atom. The summed E-state index contributed by atoms with van der Waals surface area (Å²) in [6.45, 7) is 1.37. The Labute approximate surface area is 90.3 Å². The summed E-state index contributed by atoms with van der Waals surface area (Å²) in [5.74, 6) is -2.82. The van der Waals surface area contributed by atoms with Crippen LogP contribution in [0.15, 0.2) is 12.1 Å². The van der Waals surface area contributed by atoms with Crippen LogP contribution in [0.1, 0.15) is 18.4 Å². The van der Waals surface area contributed by atoms with Crippen LogP contribution in [0.5, 0.6) is 0 Å². The summed E-state index contributed by atoms with van der Waals surface area (Å²) < 4.78 is 13.3. The molecule has 5 heteroatoms. The van der Waals surface area contributed by atoms with Crippen molar-refractivity contribution >= 4 is 29.2 Å². The summed E-state index contributed by atoms with van der Waals surface area (Å²) in [6.07, 6.45) is 0. The quantitative estimate of drug-likeness (QED) is 0.801. The summed E-state index contributed by atoms with van der Waals surface area (Å²) in [7, 11) is 0. The second kappa shape index (κ2) is 4.15. The number of aliphatic carboxylic acids is 1. The van der Waals surface area contributed by atoms with E-state index in [1.165, 1.54) is 19.1 Å². The van der Waals surface area contributed by atoms with E-state index in [2.05, 4.69) is 0 Å². The zero-order valence-corrected chi connectivity index (χ0v) is 8.73. The van der Waals surface area contributed by atoms with Crippen LogP contribution < -0.4 is 0 Å². The van der Waals surface area contributed by atoms with Crippen molar-refractivity contribution in [2.45, 2.75) is 12.8 Å². The van der Waals surface area contributed by atoms with Crippen molar-refractivity contribution in [3.8, 4) is 0 Å². The van der Waals surface area contributed by atoms with Gasteiger partial charge in [-0.05, 0) is 19.1 Å². The van der Waals surface area contributed by atoms with Crippen LogP contribution in [0.25, 0.3) is 0 Å². The fourth-order valence-corrected chi connectivity index (χ4v) is 1.53. The minimum Gasteiger partial charge on any atom is -0.481 e. The van der Waals surface area contributed by atoms with Crippen molar-refractivity contribution in [2.24, 2.45) is 0 Å². The highest BCUT2D eigenvalue weighted by atomic mass is 35.5. The summed E-state index contributed by atoms with van der Waals surface area (Å²) in [4.78, 5) is 10.6. The molecule has 1 aromatic rings. The Kier molecular flexibility index (Phi) is 3.34. The lowest BCUT2D eigenvalue weighted by Gasteiger charge is -2.09. The Morgan fingerprint density at radius 1 is 1.50 bits per heavy atom. The SMILES string of the molecule is CC(C(=O)O)c1cc(Cl)cc(Cl)c1F. The smallest absolute Gasteiger partial charge is 0.310 e. The van der Waals surface area contributed by atoms with Gasteiger partial charge < -0.3 is 5.11 Å². The van der Waals surface area contributed by atoms with Gasteiger partial charge in [0, 0.05) is 10.6 Å². The maximum absolute atomic E-state index is 13.3. The summed E-state index contributed by atoms with van der Waals surface area (Å²) in [5, 5.41) is 8.74. The predicted molar refractivity (Wildman–Crippen MR) is 52.5 cm³/mol. The van der Waals surface area contributed by atoms with Gasteiger partial charge in [0.15, 0.2) is 0 Å². The lowest BCUT2D eigenvalue weighted by molar-refractivity contribution is -0.138. The van der Waals surface area contributed by atoms with E-state index in [1.54, 1.807) is 0 Å². The van der Waals surface area contributed by atoms with Crippen LogP contribution in [0, 0.1) is 5.82 Å². The lowest BCUT2D eigenvalue weighted by atomic mass is 10.0. The molecule has 1 unspecified atom stereocenters. The molecule has 1 aromatic carbocycles. The molecule has 0 fully saturated rings. The zero-order chi connectivity index (χ0) is 10.9. The topological polar surface area (TPSA) is 37.3 Å². The van der Waals surface area contributed by atoms with Crippen LogP contribution >= 0.6 is 23.2 Å². The Morgan fingerprint density at radius 3 is 2.57 bits per heavy atom. The summed E-state index contributed by atoms with van der Waals surface area (Å²) >= 11 is 11.1. The van der Waals surface area contributed by atoms with E-state index in [1.807, 2.05) is 0 Å². The minimum absolute atomic E-state index is 0.00463. The van der Waals surface area contributed by atoms with Gasteiger partial charge in [0.05, 0.1) is 10.9 Å². The normalized spacial score (nSPS) is 12.6. The van der Waals surface area contributed by atoms with Gasteiger partial charge in [-0.25, -0.2) is 4.39 Å². The van der Waals surface area contributed by atoms with Gasteiger partial charge in [-0.2, -0.15) is 0 Å². The Hall–Kier alpha value is -0.800. The van der Waals surface area contributed by atoms with Crippen molar-refractivity contribution in [1.29, 1.82) is 0 Å². The standard InChI is InChI=1S/C9H7Cl2FO2/c1-4(9(13)14)6-2-5(10)3-7(11)8(6)12/h2-4H,1H3,(H,13,14). The number of hydrogen-bond acceptors (Lipinski definition) is 1. The van der Waals surface area contributed by atoms with Crippen molar-refractivity contribution in [2.75, 3.05) is 0 Å². The second-order valence-corrected chi connectivity index (χ2v) is 3.69. The number of rotatable bonds is 2. The third-order valence-electron chi connectivity index (χ3n) is 1.86. The molecular formula is C9H7Cl2FO2. The fraction of sp³-hybridized carbons (Fsp3) is 0.222. The number of carboxylic acids is 1. The second-order valence-electron chi connectivity index (χ2n) is 2.85. The van der Waals surface area contributed by atoms with E-state index in [0.717, 1.165) is 0 Å². The Balaban J connectivity index is 3.26. The molecule has 1 atom stereocenters. The van der Waals surface area contributed by atoms with E-state index in [9.17, 15) is 9.18 Å². The van der Waals surface area contributed by atoms with Crippen molar-refractivity contribution in [3.05, 3.63) is 33.6 Å². The van der Waals surface area contributed by atoms with Gasteiger partial charge in [0.2, 0.25) is 0 Å². The monoisotopic (exact) mass is 236 g/mol. The van der Waals surface area contributed by atoms with Crippen molar-refractivity contribution in [3.63, 3.8) is 0 Å². The van der Waals surface area contributed by atoms with Crippen molar-refractivity contribution in [1.82, 2.24) is 0 Å². The number of hydrogen-bond donors (Lipinski definition) is 1. The first kappa shape index (κ1) is 11.3. The maximum Gasteiger partial charge on any atom is 0.310 e. The highest BCUT2D eigenvalue weighted by Crippen LogP contribution is 2.28. The summed E-state index contributed by atoms with van der Waals surface area (Å²) in [5.41, 5.74) is -0.00463. The maximum atomic E-state index is 13.3. The number of carboxylic acid groups (broad SMARTS) is 1. The first-order valence-electron chi connectivity index (χ1n) is 3.80. The van der Waals surface area contributed by atoms with Crippen LogP contribution in [0.3, 0.4) is 0 Å². The molecule has 0 bridgehead atoms. The largest absolute Gasteiger partial charge is 0.481 e. The third-order valence-corrected chi connectivity index (χ3v) is 2.35. The van der Waals surface area contributed by atoms with Crippen LogP contribution in [-0.2, 0) is 4.79 Å². The fourth-order valence-electron chi connectivity index (χ4n) is 1.02. The molecule has 0 aliphatic rings. The van der Waals surface area contributed by atoms with E-state index < -0.39 is 17.7 Å². The van der Waals surface area contributed by atoms with Crippen molar-refractivity contribution < 1.29 is 14.3 Å². The average Bonchev–Trinajstić information content (AvgIpc) is 2.09. The lowest BCUT2D eigenvalue weighted by Crippen LogP contribution is -2.09. The minimum atomic E-state index is -1.12. The van der Waals surface area contributed by atoms with Gasteiger partial charge in [-0.1, -0.05) is 23.2 Å². The molecule has 1 N–H and O–H groups in total. The number of benzene rings is 1. The van der Waals surface area contributed by atoms with Gasteiger partial charge in [-0.15, -0.1) is 0 Å². The van der Waals surface area contributed by atoms with E-state index in [4.69, 9.17) is 28.3 Å². The van der Waals surface area contributed by atoms with E-state index in [0.29, 0.717) is 0 Å². The molecule has 2 nitrogen and oxygen atoms in total. The molecule has 0 aromatic heterocycles. The summed E-state index contributed by atoms with van der Waals surface area (Å²) in [6, 6.07) is 2.50. The molecular weight excluding hydrogens is 230 g/mol. The molecule has 0 heterocycles. The van der Waals surface area contributed by atoms with E-state index in [-0.39, 0.29) is 15.6 Å². The zero-order valence-electron chi connectivity index (χ0n) is 7.22.